The van der Waals surface area contributed by atoms with Crippen molar-refractivity contribution in [3.05, 3.63) is 143 Å². The zero-order valence-electron chi connectivity index (χ0n) is 23.1. The Morgan fingerprint density at radius 2 is 1.26 bits per heavy atom. The zero-order chi connectivity index (χ0) is 27.6. The van der Waals surface area contributed by atoms with Crippen molar-refractivity contribution in [2.45, 2.75) is 58.2 Å². The molecular weight excluding hydrogens is 480 g/mol. The Hall–Kier alpha value is -4.18. The molecule has 0 saturated heterocycles. The largest absolute Gasteiger partial charge is 0.352 e. The van der Waals surface area contributed by atoms with Gasteiger partial charge < -0.3 is 10.2 Å². The number of carbonyl (C=O) groups excluding carboxylic acids is 2. The summed E-state index contributed by atoms with van der Waals surface area (Å²) in [4.78, 5) is 29.8. The molecule has 4 aromatic rings. The number of benzene rings is 4. The van der Waals surface area contributed by atoms with Crippen LogP contribution in [0.25, 0.3) is 0 Å². The van der Waals surface area contributed by atoms with Gasteiger partial charge in [-0.1, -0.05) is 121 Å². The van der Waals surface area contributed by atoms with E-state index in [1.54, 1.807) is 4.90 Å². The highest BCUT2D eigenvalue weighted by Crippen LogP contribution is 2.30. The van der Waals surface area contributed by atoms with Crippen molar-refractivity contribution in [2.75, 3.05) is 0 Å². The van der Waals surface area contributed by atoms with E-state index < -0.39 is 6.04 Å². The summed E-state index contributed by atoms with van der Waals surface area (Å²) in [7, 11) is 0. The number of hydrogen-bond acceptors (Lipinski definition) is 2. The number of nitrogens with zero attached hydrogens (tertiary/aromatic N) is 1. The second-order valence-electron chi connectivity index (χ2n) is 10.5. The van der Waals surface area contributed by atoms with Crippen molar-refractivity contribution in [1.29, 1.82) is 0 Å². The smallest absolute Gasteiger partial charge is 0.243 e. The molecule has 2 amide bonds. The Kier molecular flexibility index (Phi) is 9.69. The predicted molar refractivity (Wildman–Crippen MR) is 158 cm³/mol. The molecule has 0 heterocycles. The summed E-state index contributed by atoms with van der Waals surface area (Å²) < 4.78 is 0. The van der Waals surface area contributed by atoms with Crippen LogP contribution in [0.5, 0.6) is 0 Å². The molecule has 1 atom stereocenters. The van der Waals surface area contributed by atoms with Crippen molar-refractivity contribution >= 4 is 11.8 Å². The first-order valence-electron chi connectivity index (χ1n) is 13.7. The predicted octanol–water partition coefficient (Wildman–Crippen LogP) is 6.68. The van der Waals surface area contributed by atoms with Gasteiger partial charge in [-0.05, 0) is 43.0 Å². The van der Waals surface area contributed by atoms with Crippen molar-refractivity contribution in [3.63, 3.8) is 0 Å². The molecular formula is C35H38N2O2. The number of amides is 2. The van der Waals surface area contributed by atoms with E-state index in [0.29, 0.717) is 13.0 Å². The summed E-state index contributed by atoms with van der Waals surface area (Å²) in [6.07, 6.45) is 0.707. The van der Waals surface area contributed by atoms with Crippen LogP contribution in [0, 0.1) is 6.92 Å². The zero-order valence-corrected chi connectivity index (χ0v) is 23.1. The lowest BCUT2D eigenvalue weighted by Crippen LogP contribution is -2.52. The minimum absolute atomic E-state index is 0.0342. The summed E-state index contributed by atoms with van der Waals surface area (Å²) in [6.45, 7) is 6.30. The van der Waals surface area contributed by atoms with Gasteiger partial charge >= 0.3 is 0 Å². The van der Waals surface area contributed by atoms with Crippen LogP contribution in [0.2, 0.25) is 0 Å². The summed E-state index contributed by atoms with van der Waals surface area (Å²) in [5.74, 6) is -0.301. The van der Waals surface area contributed by atoms with E-state index in [4.69, 9.17) is 0 Å². The van der Waals surface area contributed by atoms with E-state index in [0.717, 1.165) is 27.8 Å². The van der Waals surface area contributed by atoms with Crippen LogP contribution in [0.1, 0.15) is 54.0 Å². The normalized spacial score (nSPS) is 11.8. The van der Waals surface area contributed by atoms with Gasteiger partial charge in [-0.15, -0.1) is 0 Å². The van der Waals surface area contributed by atoms with Crippen LogP contribution in [0.15, 0.2) is 115 Å². The van der Waals surface area contributed by atoms with Crippen molar-refractivity contribution in [2.24, 2.45) is 0 Å². The minimum atomic E-state index is -0.644. The molecule has 0 saturated carbocycles. The molecule has 1 unspecified atom stereocenters. The van der Waals surface area contributed by atoms with Crippen LogP contribution in [-0.2, 0) is 22.6 Å². The van der Waals surface area contributed by atoms with Crippen LogP contribution in [-0.4, -0.2) is 28.8 Å². The molecule has 0 radical (unpaired) electrons. The number of hydrogen-bond donors (Lipinski definition) is 1. The average molecular weight is 519 g/mol. The third-order valence-electron chi connectivity index (χ3n) is 6.92. The Bertz CT molecular complexity index is 1300. The Morgan fingerprint density at radius 1 is 0.718 bits per heavy atom. The second-order valence-corrected chi connectivity index (χ2v) is 10.5. The Balaban J connectivity index is 1.73. The molecule has 1 N–H and O–H groups in total. The van der Waals surface area contributed by atoms with Crippen molar-refractivity contribution in [3.8, 4) is 0 Å². The third-order valence-corrected chi connectivity index (χ3v) is 6.92. The molecule has 0 aromatic heterocycles. The maximum atomic E-state index is 14.4. The SMILES string of the molecule is Cc1cccc(CN(C(=O)CC(c2ccccc2)c2ccccc2)C(Cc2ccccc2)C(=O)NC(C)C)c1. The van der Waals surface area contributed by atoms with Crippen LogP contribution >= 0.6 is 0 Å². The topological polar surface area (TPSA) is 49.4 Å². The minimum Gasteiger partial charge on any atom is -0.352 e. The van der Waals surface area contributed by atoms with E-state index in [-0.39, 0.29) is 30.2 Å². The highest BCUT2D eigenvalue weighted by atomic mass is 16.2. The van der Waals surface area contributed by atoms with Gasteiger partial charge in [0.05, 0.1) is 0 Å². The van der Waals surface area contributed by atoms with Gasteiger partial charge in [0.25, 0.3) is 0 Å². The summed E-state index contributed by atoms with van der Waals surface area (Å²) in [5.41, 5.74) is 5.32. The van der Waals surface area contributed by atoms with Crippen molar-refractivity contribution < 1.29 is 9.59 Å². The summed E-state index contributed by atoms with van der Waals surface area (Å²) >= 11 is 0. The van der Waals surface area contributed by atoms with Gasteiger partial charge in [0.2, 0.25) is 11.8 Å². The van der Waals surface area contributed by atoms with Crippen LogP contribution in [0.4, 0.5) is 0 Å². The molecule has 0 aliphatic rings. The van der Waals surface area contributed by atoms with E-state index >= 15 is 0 Å². The lowest BCUT2D eigenvalue weighted by Gasteiger charge is -2.33. The van der Waals surface area contributed by atoms with Gasteiger partial charge in [0.1, 0.15) is 6.04 Å². The lowest BCUT2D eigenvalue weighted by molar-refractivity contribution is -0.141. The maximum Gasteiger partial charge on any atom is 0.243 e. The van der Waals surface area contributed by atoms with Crippen molar-refractivity contribution in [1.82, 2.24) is 10.2 Å². The summed E-state index contributed by atoms with van der Waals surface area (Å²) in [6, 6.07) is 37.7. The third kappa shape index (κ3) is 7.90. The molecule has 0 bridgehead atoms. The molecule has 4 heteroatoms. The Morgan fingerprint density at radius 3 is 1.79 bits per heavy atom. The summed E-state index contributed by atoms with van der Waals surface area (Å²) in [5, 5.41) is 3.08. The number of aryl methyl sites for hydroxylation is 1. The average Bonchev–Trinajstić information content (AvgIpc) is 2.94. The number of rotatable bonds is 11. The molecule has 0 aliphatic heterocycles. The first kappa shape index (κ1) is 27.8. The lowest BCUT2D eigenvalue weighted by atomic mass is 9.87. The fourth-order valence-corrected chi connectivity index (χ4v) is 5.03. The van der Waals surface area contributed by atoms with Gasteiger partial charge in [0, 0.05) is 31.3 Å². The molecule has 4 rings (SSSR count). The molecule has 0 aliphatic carbocycles. The molecule has 39 heavy (non-hydrogen) atoms. The number of nitrogens with one attached hydrogen (secondary N) is 1. The quantitative estimate of drug-likeness (QED) is 0.241. The number of carbonyl (C=O) groups is 2. The Labute approximate surface area is 232 Å². The van der Waals surface area contributed by atoms with Gasteiger partial charge in [-0.2, -0.15) is 0 Å². The van der Waals surface area contributed by atoms with Crippen LogP contribution < -0.4 is 5.32 Å². The molecule has 0 spiro atoms. The first-order valence-corrected chi connectivity index (χ1v) is 13.7. The van der Waals surface area contributed by atoms with Gasteiger partial charge in [0.15, 0.2) is 0 Å². The highest BCUT2D eigenvalue weighted by Gasteiger charge is 2.32. The van der Waals surface area contributed by atoms with E-state index in [1.807, 2.05) is 106 Å². The van der Waals surface area contributed by atoms with E-state index in [2.05, 4.69) is 35.6 Å². The van der Waals surface area contributed by atoms with E-state index in [9.17, 15) is 9.59 Å². The molecule has 4 aromatic carbocycles. The maximum absolute atomic E-state index is 14.4. The monoisotopic (exact) mass is 518 g/mol. The fourth-order valence-electron chi connectivity index (χ4n) is 5.03. The standard InChI is InChI=1S/C35H38N2O2/c1-26(2)36-35(39)33(23-28-15-7-4-8-16-28)37(25-29-17-13-14-27(3)22-29)34(38)24-32(30-18-9-5-10-19-30)31-20-11-6-12-21-31/h4-22,26,32-33H,23-25H2,1-3H3,(H,36,39). The van der Waals surface area contributed by atoms with Crippen LogP contribution in [0.3, 0.4) is 0 Å². The molecule has 0 fully saturated rings. The molecule has 4 nitrogen and oxygen atoms in total. The van der Waals surface area contributed by atoms with Gasteiger partial charge in [-0.25, -0.2) is 0 Å². The van der Waals surface area contributed by atoms with Gasteiger partial charge in [-0.3, -0.25) is 9.59 Å². The van der Waals surface area contributed by atoms with E-state index in [1.165, 1.54) is 0 Å². The first-order chi connectivity index (χ1) is 18.9. The fraction of sp³-hybridized carbons (Fsp3) is 0.257. The molecule has 200 valence electrons. The highest BCUT2D eigenvalue weighted by molar-refractivity contribution is 5.88. The second kappa shape index (κ2) is 13.6.